The monoisotopic (exact) mass is 344 g/mol. The topological polar surface area (TPSA) is 74.3 Å². The van der Waals surface area contributed by atoms with Crippen molar-refractivity contribution in [3.63, 3.8) is 0 Å². The number of anilines is 2. The predicted octanol–water partition coefficient (Wildman–Crippen LogP) is 2.28. The lowest BCUT2D eigenvalue weighted by molar-refractivity contribution is -0.114. The molecule has 0 bridgehead atoms. The number of nitrogens with one attached hydrogen (secondary N) is 2. The van der Waals surface area contributed by atoms with Crippen molar-refractivity contribution >= 4 is 34.0 Å². The van der Waals surface area contributed by atoms with Gasteiger partial charge in [-0.2, -0.15) is 0 Å². The zero-order chi connectivity index (χ0) is 17.1. The summed E-state index contributed by atoms with van der Waals surface area (Å²) in [6.45, 7) is 5.03. The summed E-state index contributed by atoms with van der Waals surface area (Å²) >= 11 is 1.24. The molecular weight excluding hydrogens is 324 g/mol. The molecule has 1 aromatic carbocycles. The van der Waals surface area contributed by atoms with Crippen molar-refractivity contribution in [2.24, 2.45) is 0 Å². The van der Waals surface area contributed by atoms with Crippen molar-refractivity contribution in [1.82, 2.24) is 10.3 Å². The van der Waals surface area contributed by atoms with E-state index in [1.165, 1.54) is 29.5 Å². The molecule has 24 heavy (non-hydrogen) atoms. The first-order valence-electron chi connectivity index (χ1n) is 7.90. The lowest BCUT2D eigenvalue weighted by Gasteiger charge is -2.27. The largest absolute Gasteiger partial charge is 0.366 e. The number of aromatic nitrogens is 1. The van der Waals surface area contributed by atoms with Crippen molar-refractivity contribution in [1.29, 1.82) is 0 Å². The lowest BCUT2D eigenvalue weighted by atomic mass is 10.2. The van der Waals surface area contributed by atoms with E-state index in [0.29, 0.717) is 17.4 Å². The summed E-state index contributed by atoms with van der Waals surface area (Å²) in [5.74, 6) is -0.417. The Morgan fingerprint density at radius 1 is 1.38 bits per heavy atom. The number of rotatable bonds is 5. The van der Waals surface area contributed by atoms with Gasteiger partial charge in [0.25, 0.3) is 5.91 Å². The second kappa shape index (κ2) is 7.00. The first-order valence-corrected chi connectivity index (χ1v) is 8.78. The quantitative estimate of drug-likeness (QED) is 0.873. The van der Waals surface area contributed by atoms with Gasteiger partial charge in [-0.25, -0.2) is 4.98 Å². The molecule has 7 heteroatoms. The van der Waals surface area contributed by atoms with E-state index in [1.807, 2.05) is 6.07 Å². The number of benzene rings is 1. The van der Waals surface area contributed by atoms with Gasteiger partial charge in [0.1, 0.15) is 5.69 Å². The predicted molar refractivity (Wildman–Crippen MR) is 95.7 cm³/mol. The van der Waals surface area contributed by atoms with Crippen LogP contribution in [-0.4, -0.2) is 35.9 Å². The Hall–Kier alpha value is -2.41. The van der Waals surface area contributed by atoms with Gasteiger partial charge >= 0.3 is 0 Å². The van der Waals surface area contributed by atoms with E-state index in [0.717, 1.165) is 13.0 Å². The molecule has 2 N–H and O–H groups in total. The van der Waals surface area contributed by atoms with Crippen LogP contribution in [0.2, 0.25) is 0 Å². The molecule has 3 rings (SSSR count). The second-order valence-electron chi connectivity index (χ2n) is 5.85. The van der Waals surface area contributed by atoms with Crippen molar-refractivity contribution in [3.8, 4) is 0 Å². The summed E-state index contributed by atoms with van der Waals surface area (Å²) in [6.07, 6.45) is 1.04. The minimum Gasteiger partial charge on any atom is -0.366 e. The van der Waals surface area contributed by atoms with Crippen LogP contribution in [0, 0.1) is 0 Å². The molecule has 2 amide bonds. The second-order valence-corrected chi connectivity index (χ2v) is 6.71. The van der Waals surface area contributed by atoms with Gasteiger partial charge in [0.15, 0.2) is 5.13 Å². The summed E-state index contributed by atoms with van der Waals surface area (Å²) < 4.78 is 0. The molecule has 0 aliphatic carbocycles. The smallest absolute Gasteiger partial charge is 0.270 e. The highest BCUT2D eigenvalue weighted by atomic mass is 32.1. The fourth-order valence-electron chi connectivity index (χ4n) is 2.85. The molecule has 0 spiro atoms. The maximum atomic E-state index is 12.2. The molecule has 126 valence electrons. The Labute approximate surface area is 144 Å². The molecular formula is C17H20N4O2S. The Kier molecular flexibility index (Phi) is 4.80. The van der Waals surface area contributed by atoms with Gasteiger partial charge in [-0.1, -0.05) is 18.2 Å². The molecule has 1 aromatic heterocycles. The Bertz CT molecular complexity index is 759. The van der Waals surface area contributed by atoms with Gasteiger partial charge in [-0.05, 0) is 25.0 Å². The number of carbonyl (C=O) groups excluding carboxylic acids is 2. The van der Waals surface area contributed by atoms with E-state index in [2.05, 4.69) is 45.6 Å². The third kappa shape index (κ3) is 3.56. The molecule has 1 aliphatic rings. The normalized spacial score (nSPS) is 14.2. The number of nitrogens with zero attached hydrogens (tertiary/aromatic N) is 2. The first kappa shape index (κ1) is 16.4. The van der Waals surface area contributed by atoms with E-state index >= 15 is 0 Å². The minimum absolute atomic E-state index is 0.197. The SMILES string of the molecule is CC(=O)Nc1nc(C(=O)NC[C@H](C)N2CCc3ccccc32)cs1. The molecule has 2 heterocycles. The maximum Gasteiger partial charge on any atom is 0.270 e. The fourth-order valence-corrected chi connectivity index (χ4v) is 3.59. The standard InChI is InChI=1S/C17H20N4O2S/c1-11(21-8-7-13-5-3-4-6-15(13)21)9-18-16(23)14-10-24-17(20-14)19-12(2)22/h3-6,10-11H,7-9H2,1-2H3,(H,18,23)(H,19,20,22)/t11-/m0/s1. The van der Waals surface area contributed by atoms with Crippen LogP contribution in [0.25, 0.3) is 0 Å². The maximum absolute atomic E-state index is 12.2. The highest BCUT2D eigenvalue weighted by Gasteiger charge is 2.23. The van der Waals surface area contributed by atoms with E-state index in [1.54, 1.807) is 5.38 Å². The van der Waals surface area contributed by atoms with E-state index in [9.17, 15) is 9.59 Å². The molecule has 1 atom stereocenters. The number of amides is 2. The van der Waals surface area contributed by atoms with Gasteiger partial charge in [0.05, 0.1) is 0 Å². The van der Waals surface area contributed by atoms with Crippen LogP contribution in [0.15, 0.2) is 29.6 Å². The van der Waals surface area contributed by atoms with E-state index in [4.69, 9.17) is 0 Å². The molecule has 0 saturated heterocycles. The number of para-hydroxylation sites is 1. The highest BCUT2D eigenvalue weighted by Crippen LogP contribution is 2.28. The van der Waals surface area contributed by atoms with Gasteiger partial charge in [0.2, 0.25) is 5.91 Å². The molecule has 6 nitrogen and oxygen atoms in total. The van der Waals surface area contributed by atoms with Gasteiger partial charge in [-0.15, -0.1) is 11.3 Å². The number of thiazole rings is 1. The minimum atomic E-state index is -0.220. The van der Waals surface area contributed by atoms with Crippen LogP contribution in [0.3, 0.4) is 0 Å². The molecule has 0 unspecified atom stereocenters. The van der Waals surface area contributed by atoms with Crippen molar-refractivity contribution in [2.75, 3.05) is 23.3 Å². The summed E-state index contributed by atoms with van der Waals surface area (Å²) in [5.41, 5.74) is 2.94. The zero-order valence-electron chi connectivity index (χ0n) is 13.7. The van der Waals surface area contributed by atoms with Crippen molar-refractivity contribution in [3.05, 3.63) is 40.9 Å². The number of fused-ring (bicyclic) bond motifs is 1. The zero-order valence-corrected chi connectivity index (χ0v) is 14.5. The van der Waals surface area contributed by atoms with Crippen LogP contribution >= 0.6 is 11.3 Å². The average molecular weight is 344 g/mol. The van der Waals surface area contributed by atoms with E-state index < -0.39 is 0 Å². The molecule has 0 saturated carbocycles. The highest BCUT2D eigenvalue weighted by molar-refractivity contribution is 7.14. The molecule has 1 aliphatic heterocycles. The number of hydrogen-bond acceptors (Lipinski definition) is 5. The fraction of sp³-hybridized carbons (Fsp3) is 0.353. The van der Waals surface area contributed by atoms with Gasteiger partial charge in [-0.3, -0.25) is 9.59 Å². The van der Waals surface area contributed by atoms with Crippen LogP contribution < -0.4 is 15.5 Å². The van der Waals surface area contributed by atoms with Gasteiger partial charge in [0, 0.05) is 37.1 Å². The van der Waals surface area contributed by atoms with Crippen molar-refractivity contribution < 1.29 is 9.59 Å². The summed E-state index contributed by atoms with van der Waals surface area (Å²) in [7, 11) is 0. The van der Waals surface area contributed by atoms with Crippen LogP contribution in [0.4, 0.5) is 10.8 Å². The lowest BCUT2D eigenvalue weighted by Crippen LogP contribution is -2.41. The molecule has 0 fully saturated rings. The van der Waals surface area contributed by atoms with Crippen LogP contribution in [0.5, 0.6) is 0 Å². The third-order valence-electron chi connectivity index (χ3n) is 4.03. The number of carbonyl (C=O) groups is 2. The summed E-state index contributed by atoms with van der Waals surface area (Å²) in [4.78, 5) is 29.7. The Balaban J connectivity index is 1.56. The summed E-state index contributed by atoms with van der Waals surface area (Å²) in [6, 6.07) is 8.58. The Morgan fingerprint density at radius 2 is 2.17 bits per heavy atom. The molecule has 2 aromatic rings. The van der Waals surface area contributed by atoms with Crippen LogP contribution in [0.1, 0.15) is 29.9 Å². The van der Waals surface area contributed by atoms with Crippen molar-refractivity contribution in [2.45, 2.75) is 26.3 Å². The van der Waals surface area contributed by atoms with Gasteiger partial charge < -0.3 is 15.5 Å². The molecule has 0 radical (unpaired) electrons. The number of hydrogen-bond donors (Lipinski definition) is 2. The summed E-state index contributed by atoms with van der Waals surface area (Å²) in [5, 5.41) is 7.59. The van der Waals surface area contributed by atoms with Crippen LogP contribution in [-0.2, 0) is 11.2 Å². The third-order valence-corrected chi connectivity index (χ3v) is 4.79. The first-order chi connectivity index (χ1) is 11.5. The Morgan fingerprint density at radius 3 is 2.96 bits per heavy atom. The van der Waals surface area contributed by atoms with E-state index in [-0.39, 0.29) is 17.9 Å². The average Bonchev–Trinajstić information content (AvgIpc) is 3.18.